The topological polar surface area (TPSA) is 66.4 Å². The number of sulfonamides is 1. The smallest absolute Gasteiger partial charge is 0.244 e. The lowest BCUT2D eigenvalue weighted by Crippen LogP contribution is -2.48. The van der Waals surface area contributed by atoms with Gasteiger partial charge in [-0.2, -0.15) is 4.31 Å². The third kappa shape index (κ3) is 3.13. The number of piperazine rings is 1. The van der Waals surface area contributed by atoms with Gasteiger partial charge in [0, 0.05) is 49.2 Å². The van der Waals surface area contributed by atoms with Crippen LogP contribution in [0, 0.1) is 0 Å². The minimum absolute atomic E-state index is 0.241. The van der Waals surface area contributed by atoms with Crippen LogP contribution in [0.4, 0.5) is 5.82 Å². The molecule has 0 N–H and O–H groups in total. The van der Waals surface area contributed by atoms with Crippen molar-refractivity contribution in [1.29, 1.82) is 0 Å². The molecule has 3 heterocycles. The molecule has 1 fully saturated rings. The summed E-state index contributed by atoms with van der Waals surface area (Å²) in [5.74, 6) is 0.863. The molecule has 1 aliphatic rings. The quantitative estimate of drug-likeness (QED) is 0.808. The van der Waals surface area contributed by atoms with Gasteiger partial charge in [0.25, 0.3) is 0 Å². The van der Waals surface area contributed by atoms with Crippen molar-refractivity contribution in [1.82, 2.24) is 14.3 Å². The number of rotatable bonds is 3. The number of hydrogen-bond acceptors (Lipinski definition) is 5. The molecular weight excluding hydrogens is 368 g/mol. The van der Waals surface area contributed by atoms with Crippen molar-refractivity contribution in [2.75, 3.05) is 31.1 Å². The predicted octanol–water partition coefficient (Wildman–Crippen LogP) is 1.75. The molecule has 0 spiro atoms. The van der Waals surface area contributed by atoms with Crippen molar-refractivity contribution < 1.29 is 8.42 Å². The third-order valence-corrected chi connectivity index (χ3v) is 5.90. The van der Waals surface area contributed by atoms with E-state index < -0.39 is 10.0 Å². The Morgan fingerprint density at radius 3 is 2.41 bits per heavy atom. The summed E-state index contributed by atoms with van der Waals surface area (Å²) in [6, 6.07) is 7.07. The Bertz CT molecular complexity index is 729. The maximum atomic E-state index is 12.5. The summed E-state index contributed by atoms with van der Waals surface area (Å²) < 4.78 is 27.5. The second-order valence-corrected chi connectivity index (χ2v) is 7.77. The first-order valence-electron chi connectivity index (χ1n) is 6.84. The molecule has 1 saturated heterocycles. The van der Waals surface area contributed by atoms with Gasteiger partial charge in [0.15, 0.2) is 0 Å². The highest BCUT2D eigenvalue weighted by Gasteiger charge is 2.28. The van der Waals surface area contributed by atoms with Crippen LogP contribution in [-0.2, 0) is 10.0 Å². The number of hydrogen-bond donors (Lipinski definition) is 0. The molecule has 0 radical (unpaired) electrons. The molecule has 2 aromatic heterocycles. The Kier molecular flexibility index (Phi) is 4.42. The van der Waals surface area contributed by atoms with E-state index in [9.17, 15) is 8.42 Å². The van der Waals surface area contributed by atoms with Gasteiger partial charge in [-0.1, -0.05) is 0 Å². The molecule has 116 valence electrons. The Labute approximate surface area is 138 Å². The predicted molar refractivity (Wildman–Crippen MR) is 87.1 cm³/mol. The second kappa shape index (κ2) is 6.31. The van der Waals surface area contributed by atoms with E-state index in [2.05, 4.69) is 30.8 Å². The van der Waals surface area contributed by atoms with Crippen LogP contribution in [0.25, 0.3) is 0 Å². The molecule has 0 amide bonds. The highest BCUT2D eigenvalue weighted by molar-refractivity contribution is 9.10. The molecule has 2 aromatic rings. The Morgan fingerprint density at radius 1 is 1.05 bits per heavy atom. The van der Waals surface area contributed by atoms with Gasteiger partial charge in [0.2, 0.25) is 10.0 Å². The fourth-order valence-corrected chi connectivity index (χ4v) is 3.98. The Hall–Kier alpha value is -1.51. The lowest BCUT2D eigenvalue weighted by Gasteiger charge is -2.34. The number of nitrogens with zero attached hydrogens (tertiary/aromatic N) is 4. The fourth-order valence-electron chi connectivity index (χ4n) is 2.36. The molecule has 0 aliphatic carbocycles. The van der Waals surface area contributed by atoms with Crippen LogP contribution in [0.5, 0.6) is 0 Å². The number of pyridine rings is 2. The van der Waals surface area contributed by atoms with E-state index >= 15 is 0 Å². The standard InChI is InChI=1S/C14H15BrN4O2S/c15-12-3-4-14(17-10-12)18-6-8-19(9-7-18)22(20,21)13-2-1-5-16-11-13/h1-5,10-11H,6-9H2. The van der Waals surface area contributed by atoms with E-state index in [1.54, 1.807) is 24.5 Å². The lowest BCUT2D eigenvalue weighted by molar-refractivity contribution is 0.383. The van der Waals surface area contributed by atoms with Crippen LogP contribution in [0.15, 0.2) is 52.2 Å². The molecule has 0 atom stereocenters. The van der Waals surface area contributed by atoms with Crippen molar-refractivity contribution in [2.45, 2.75) is 4.90 Å². The summed E-state index contributed by atoms with van der Waals surface area (Å²) in [5.41, 5.74) is 0. The normalized spacial score (nSPS) is 16.7. The molecule has 1 aliphatic heterocycles. The average Bonchev–Trinajstić information content (AvgIpc) is 2.56. The number of aromatic nitrogens is 2. The van der Waals surface area contributed by atoms with Crippen LogP contribution < -0.4 is 4.90 Å². The summed E-state index contributed by atoms with van der Waals surface area (Å²) in [6.07, 6.45) is 4.70. The summed E-state index contributed by atoms with van der Waals surface area (Å²) in [6.45, 7) is 2.12. The highest BCUT2D eigenvalue weighted by Crippen LogP contribution is 2.20. The fraction of sp³-hybridized carbons (Fsp3) is 0.286. The second-order valence-electron chi connectivity index (χ2n) is 4.91. The molecular formula is C14H15BrN4O2S. The maximum absolute atomic E-state index is 12.5. The van der Waals surface area contributed by atoms with Gasteiger partial charge < -0.3 is 4.90 Å². The van der Waals surface area contributed by atoms with Crippen LogP contribution in [0.2, 0.25) is 0 Å². The molecule has 8 heteroatoms. The summed E-state index contributed by atoms with van der Waals surface area (Å²) in [7, 11) is -3.46. The van der Waals surface area contributed by atoms with Crippen LogP contribution in [-0.4, -0.2) is 48.9 Å². The summed E-state index contributed by atoms with van der Waals surface area (Å²) in [4.78, 5) is 10.6. The highest BCUT2D eigenvalue weighted by atomic mass is 79.9. The number of anilines is 1. The van der Waals surface area contributed by atoms with Gasteiger partial charge in [-0.05, 0) is 40.2 Å². The molecule has 0 aromatic carbocycles. The van der Waals surface area contributed by atoms with Crippen molar-refractivity contribution in [3.8, 4) is 0 Å². The van der Waals surface area contributed by atoms with Crippen molar-refractivity contribution in [3.63, 3.8) is 0 Å². The average molecular weight is 383 g/mol. The first-order chi connectivity index (χ1) is 10.6. The monoisotopic (exact) mass is 382 g/mol. The SMILES string of the molecule is O=S(=O)(c1cccnc1)N1CCN(c2ccc(Br)cn2)CC1. The van der Waals surface area contributed by atoms with E-state index in [-0.39, 0.29) is 4.90 Å². The Morgan fingerprint density at radius 2 is 1.82 bits per heavy atom. The van der Waals surface area contributed by atoms with E-state index in [0.717, 1.165) is 10.3 Å². The lowest BCUT2D eigenvalue weighted by atomic mass is 10.3. The van der Waals surface area contributed by atoms with Gasteiger partial charge in [0.05, 0.1) is 0 Å². The number of halogens is 1. The summed E-state index contributed by atoms with van der Waals surface area (Å²) >= 11 is 3.36. The minimum Gasteiger partial charge on any atom is -0.354 e. The van der Waals surface area contributed by atoms with Gasteiger partial charge in [-0.3, -0.25) is 4.98 Å². The van der Waals surface area contributed by atoms with Crippen molar-refractivity contribution in [2.24, 2.45) is 0 Å². The largest absolute Gasteiger partial charge is 0.354 e. The van der Waals surface area contributed by atoms with Gasteiger partial charge in [0.1, 0.15) is 10.7 Å². The van der Waals surface area contributed by atoms with Crippen molar-refractivity contribution in [3.05, 3.63) is 47.3 Å². The molecule has 0 saturated carbocycles. The van der Waals surface area contributed by atoms with E-state index in [0.29, 0.717) is 26.2 Å². The van der Waals surface area contributed by atoms with Gasteiger partial charge >= 0.3 is 0 Å². The van der Waals surface area contributed by atoms with E-state index in [1.807, 2.05) is 12.1 Å². The van der Waals surface area contributed by atoms with Crippen LogP contribution >= 0.6 is 15.9 Å². The maximum Gasteiger partial charge on any atom is 0.244 e. The molecule has 0 unspecified atom stereocenters. The first kappa shape index (κ1) is 15.4. The van der Waals surface area contributed by atoms with E-state index in [1.165, 1.54) is 10.5 Å². The van der Waals surface area contributed by atoms with Gasteiger partial charge in [-0.15, -0.1) is 0 Å². The molecule has 6 nitrogen and oxygen atoms in total. The minimum atomic E-state index is -3.46. The molecule has 0 bridgehead atoms. The molecule has 22 heavy (non-hydrogen) atoms. The van der Waals surface area contributed by atoms with Gasteiger partial charge in [-0.25, -0.2) is 13.4 Å². The summed E-state index contributed by atoms with van der Waals surface area (Å²) in [5, 5.41) is 0. The Balaban J connectivity index is 1.70. The molecule has 3 rings (SSSR count). The zero-order chi connectivity index (χ0) is 15.6. The van der Waals surface area contributed by atoms with Crippen LogP contribution in [0.1, 0.15) is 0 Å². The van der Waals surface area contributed by atoms with E-state index in [4.69, 9.17) is 0 Å². The zero-order valence-corrected chi connectivity index (χ0v) is 14.2. The first-order valence-corrected chi connectivity index (χ1v) is 9.07. The van der Waals surface area contributed by atoms with Crippen molar-refractivity contribution >= 4 is 31.8 Å². The third-order valence-electron chi connectivity index (χ3n) is 3.55. The zero-order valence-electron chi connectivity index (χ0n) is 11.8. The van der Waals surface area contributed by atoms with Crippen LogP contribution in [0.3, 0.4) is 0 Å².